The maximum Gasteiger partial charge on any atom is 0.0728 e. The number of hydrogen-bond acceptors (Lipinski definition) is 3. The molecule has 0 bridgehead atoms. The standard InChI is InChI=1S/C9H16N4/c10-5-2-6-13-9(7-11-12-13)8-3-1-4-8/h7-8H,1-6,10H2. The van der Waals surface area contributed by atoms with Crippen molar-refractivity contribution in [2.24, 2.45) is 5.73 Å². The summed E-state index contributed by atoms with van der Waals surface area (Å²) in [6.45, 7) is 1.65. The van der Waals surface area contributed by atoms with Crippen molar-refractivity contribution in [1.82, 2.24) is 15.0 Å². The monoisotopic (exact) mass is 180 g/mol. The Balaban J connectivity index is 2.02. The van der Waals surface area contributed by atoms with E-state index in [4.69, 9.17) is 5.73 Å². The van der Waals surface area contributed by atoms with E-state index >= 15 is 0 Å². The molecule has 2 rings (SSSR count). The van der Waals surface area contributed by atoms with Gasteiger partial charge in [-0.15, -0.1) is 5.10 Å². The average Bonchev–Trinajstić information content (AvgIpc) is 2.46. The Bertz CT molecular complexity index is 264. The first-order valence-corrected chi connectivity index (χ1v) is 5.00. The molecule has 0 aliphatic heterocycles. The molecule has 0 atom stereocenters. The maximum absolute atomic E-state index is 5.46. The van der Waals surface area contributed by atoms with Crippen molar-refractivity contribution >= 4 is 0 Å². The van der Waals surface area contributed by atoms with Crippen LogP contribution in [0.25, 0.3) is 0 Å². The molecule has 1 saturated carbocycles. The molecule has 72 valence electrons. The largest absolute Gasteiger partial charge is 0.330 e. The van der Waals surface area contributed by atoms with Crippen LogP contribution in [0.5, 0.6) is 0 Å². The first kappa shape index (κ1) is 8.69. The van der Waals surface area contributed by atoms with Crippen molar-refractivity contribution in [3.05, 3.63) is 11.9 Å². The highest BCUT2D eigenvalue weighted by molar-refractivity contribution is 5.06. The fraction of sp³-hybridized carbons (Fsp3) is 0.778. The minimum Gasteiger partial charge on any atom is -0.330 e. The normalized spacial score (nSPS) is 17.3. The molecular formula is C9H16N4. The summed E-state index contributed by atoms with van der Waals surface area (Å²) >= 11 is 0. The van der Waals surface area contributed by atoms with Crippen LogP contribution in [0.3, 0.4) is 0 Å². The van der Waals surface area contributed by atoms with E-state index in [1.54, 1.807) is 0 Å². The zero-order valence-corrected chi connectivity index (χ0v) is 7.82. The molecule has 0 aromatic carbocycles. The van der Waals surface area contributed by atoms with Crippen molar-refractivity contribution < 1.29 is 0 Å². The molecular weight excluding hydrogens is 164 g/mol. The molecule has 13 heavy (non-hydrogen) atoms. The number of nitrogens with two attached hydrogens (primary N) is 1. The summed E-state index contributed by atoms with van der Waals surface area (Å²) in [5.41, 5.74) is 6.76. The molecule has 1 aliphatic carbocycles. The van der Waals surface area contributed by atoms with Crippen LogP contribution in [0.4, 0.5) is 0 Å². The van der Waals surface area contributed by atoms with E-state index in [2.05, 4.69) is 10.3 Å². The Morgan fingerprint density at radius 1 is 1.54 bits per heavy atom. The molecule has 0 amide bonds. The molecule has 1 heterocycles. The molecule has 2 N–H and O–H groups in total. The lowest BCUT2D eigenvalue weighted by Crippen LogP contribution is -2.16. The van der Waals surface area contributed by atoms with Gasteiger partial charge in [-0.05, 0) is 25.8 Å². The van der Waals surface area contributed by atoms with Gasteiger partial charge in [-0.2, -0.15) is 0 Å². The van der Waals surface area contributed by atoms with Gasteiger partial charge >= 0.3 is 0 Å². The first-order valence-electron chi connectivity index (χ1n) is 5.00. The average molecular weight is 180 g/mol. The second-order valence-corrected chi connectivity index (χ2v) is 3.65. The third kappa shape index (κ3) is 1.72. The lowest BCUT2D eigenvalue weighted by Gasteiger charge is -2.25. The van der Waals surface area contributed by atoms with E-state index in [0.29, 0.717) is 5.92 Å². The highest BCUT2D eigenvalue weighted by Crippen LogP contribution is 2.35. The molecule has 0 radical (unpaired) electrons. The van der Waals surface area contributed by atoms with Crippen LogP contribution in [-0.2, 0) is 6.54 Å². The quantitative estimate of drug-likeness (QED) is 0.748. The SMILES string of the molecule is NCCCn1nncc1C1CCC1. The summed E-state index contributed by atoms with van der Waals surface area (Å²) in [4.78, 5) is 0. The second kappa shape index (κ2) is 3.87. The zero-order valence-electron chi connectivity index (χ0n) is 7.82. The molecule has 1 aromatic heterocycles. The first-order chi connectivity index (χ1) is 6.42. The van der Waals surface area contributed by atoms with E-state index in [0.717, 1.165) is 19.5 Å². The van der Waals surface area contributed by atoms with Crippen molar-refractivity contribution in [2.75, 3.05) is 6.54 Å². The summed E-state index contributed by atoms with van der Waals surface area (Å²) in [6.07, 6.45) is 6.85. The van der Waals surface area contributed by atoms with Crippen molar-refractivity contribution in [1.29, 1.82) is 0 Å². The summed E-state index contributed by atoms with van der Waals surface area (Å²) < 4.78 is 2.01. The highest BCUT2D eigenvalue weighted by atomic mass is 15.4. The number of nitrogens with zero attached hydrogens (tertiary/aromatic N) is 3. The summed E-state index contributed by atoms with van der Waals surface area (Å²) in [5, 5.41) is 8.02. The van der Waals surface area contributed by atoms with Gasteiger partial charge in [-0.1, -0.05) is 11.6 Å². The lowest BCUT2D eigenvalue weighted by atomic mass is 9.83. The highest BCUT2D eigenvalue weighted by Gasteiger charge is 2.23. The minimum atomic E-state index is 0.716. The van der Waals surface area contributed by atoms with E-state index < -0.39 is 0 Å². The third-order valence-electron chi connectivity index (χ3n) is 2.75. The van der Waals surface area contributed by atoms with Crippen LogP contribution in [-0.4, -0.2) is 21.5 Å². The minimum absolute atomic E-state index is 0.716. The molecule has 0 unspecified atom stereocenters. The van der Waals surface area contributed by atoms with Crippen molar-refractivity contribution in [3.8, 4) is 0 Å². The van der Waals surface area contributed by atoms with Gasteiger partial charge in [0.15, 0.2) is 0 Å². The smallest absolute Gasteiger partial charge is 0.0728 e. The molecule has 1 aliphatic rings. The Morgan fingerprint density at radius 2 is 2.38 bits per heavy atom. The fourth-order valence-corrected chi connectivity index (χ4v) is 1.70. The van der Waals surface area contributed by atoms with E-state index in [9.17, 15) is 0 Å². The summed E-state index contributed by atoms with van der Waals surface area (Å²) in [7, 11) is 0. The van der Waals surface area contributed by atoms with Gasteiger partial charge in [0.1, 0.15) is 0 Å². The topological polar surface area (TPSA) is 56.7 Å². The predicted octanol–water partition coefficient (Wildman–Crippen LogP) is 0.894. The Hall–Kier alpha value is -0.900. The Morgan fingerprint density at radius 3 is 3.00 bits per heavy atom. The van der Waals surface area contributed by atoms with Gasteiger partial charge in [-0.25, -0.2) is 4.68 Å². The second-order valence-electron chi connectivity index (χ2n) is 3.65. The Kier molecular flexibility index (Phi) is 2.59. The van der Waals surface area contributed by atoms with Gasteiger partial charge in [0.05, 0.1) is 11.9 Å². The fourth-order valence-electron chi connectivity index (χ4n) is 1.70. The van der Waals surface area contributed by atoms with E-state index in [-0.39, 0.29) is 0 Å². The summed E-state index contributed by atoms with van der Waals surface area (Å²) in [5.74, 6) is 0.716. The van der Waals surface area contributed by atoms with Gasteiger partial charge < -0.3 is 5.73 Å². The zero-order chi connectivity index (χ0) is 9.10. The van der Waals surface area contributed by atoms with E-state index in [1.807, 2.05) is 10.9 Å². The van der Waals surface area contributed by atoms with Gasteiger partial charge in [0.25, 0.3) is 0 Å². The predicted molar refractivity (Wildman–Crippen MR) is 50.3 cm³/mol. The molecule has 4 heteroatoms. The number of aryl methyl sites for hydroxylation is 1. The van der Waals surface area contributed by atoms with Crippen LogP contribution in [0.2, 0.25) is 0 Å². The van der Waals surface area contributed by atoms with E-state index in [1.165, 1.54) is 25.0 Å². The maximum atomic E-state index is 5.46. The van der Waals surface area contributed by atoms with Crippen molar-refractivity contribution in [2.45, 2.75) is 38.1 Å². The van der Waals surface area contributed by atoms with Crippen LogP contribution in [0.1, 0.15) is 37.3 Å². The van der Waals surface area contributed by atoms with Gasteiger partial charge in [0, 0.05) is 12.5 Å². The third-order valence-corrected chi connectivity index (χ3v) is 2.75. The molecule has 0 spiro atoms. The number of hydrogen-bond donors (Lipinski definition) is 1. The molecule has 0 saturated heterocycles. The molecule has 1 fully saturated rings. The van der Waals surface area contributed by atoms with Crippen molar-refractivity contribution in [3.63, 3.8) is 0 Å². The molecule has 1 aromatic rings. The molecule has 4 nitrogen and oxygen atoms in total. The van der Waals surface area contributed by atoms with Crippen LogP contribution in [0.15, 0.2) is 6.20 Å². The number of rotatable bonds is 4. The van der Waals surface area contributed by atoms with Crippen LogP contribution >= 0.6 is 0 Å². The summed E-state index contributed by atoms with van der Waals surface area (Å²) in [6, 6.07) is 0. The van der Waals surface area contributed by atoms with Crippen LogP contribution in [0, 0.1) is 0 Å². The Labute approximate surface area is 78.1 Å². The van der Waals surface area contributed by atoms with Crippen LogP contribution < -0.4 is 5.73 Å². The van der Waals surface area contributed by atoms with Gasteiger partial charge in [0.2, 0.25) is 0 Å². The number of aromatic nitrogens is 3. The van der Waals surface area contributed by atoms with Gasteiger partial charge in [-0.3, -0.25) is 0 Å². The lowest BCUT2D eigenvalue weighted by molar-refractivity contribution is 0.385.